The van der Waals surface area contributed by atoms with Crippen LogP contribution in [-0.2, 0) is 0 Å². The summed E-state index contributed by atoms with van der Waals surface area (Å²) in [5, 5.41) is 0. The maximum Gasteiger partial charge on any atom is -0.0354 e. The Kier molecular flexibility index (Phi) is 8.02. The molecule has 0 N–H and O–H groups in total. The van der Waals surface area contributed by atoms with Gasteiger partial charge >= 0.3 is 0 Å². The molecule has 0 unspecified atom stereocenters. The van der Waals surface area contributed by atoms with E-state index in [0.29, 0.717) is 5.41 Å². The van der Waals surface area contributed by atoms with Crippen LogP contribution >= 0.6 is 0 Å². The highest BCUT2D eigenvalue weighted by molar-refractivity contribution is 4.73. The van der Waals surface area contributed by atoms with Crippen molar-refractivity contribution in [2.75, 3.05) is 0 Å². The van der Waals surface area contributed by atoms with E-state index >= 15 is 0 Å². The summed E-state index contributed by atoms with van der Waals surface area (Å²) >= 11 is 0. The normalized spacial score (nSPS) is 18.2. The van der Waals surface area contributed by atoms with Gasteiger partial charge in [0.05, 0.1) is 0 Å². The van der Waals surface area contributed by atoms with E-state index in [1.54, 1.807) is 0 Å². The molecule has 0 heterocycles. The molecule has 0 nitrogen and oxygen atoms in total. The van der Waals surface area contributed by atoms with Crippen LogP contribution in [0.25, 0.3) is 0 Å². The first-order valence-corrected chi connectivity index (χ1v) is 8.64. The lowest BCUT2D eigenvalue weighted by Crippen LogP contribution is -2.15. The second kappa shape index (κ2) is 8.99. The van der Waals surface area contributed by atoms with E-state index in [1.807, 2.05) is 0 Å². The van der Waals surface area contributed by atoms with E-state index < -0.39 is 0 Å². The third kappa shape index (κ3) is 7.44. The third-order valence-electron chi connectivity index (χ3n) is 4.91. The Labute approximate surface area is 116 Å². The van der Waals surface area contributed by atoms with Crippen molar-refractivity contribution in [1.29, 1.82) is 0 Å². The predicted molar refractivity (Wildman–Crippen MR) is 83.0 cm³/mol. The van der Waals surface area contributed by atoms with E-state index in [9.17, 15) is 0 Å². The SMILES string of the molecule is CCCCCCCC(C)(C)CCC1CCCCC1. The van der Waals surface area contributed by atoms with Crippen LogP contribution in [0.5, 0.6) is 0 Å². The smallest absolute Gasteiger partial charge is 0.0354 e. The van der Waals surface area contributed by atoms with Crippen molar-refractivity contribution in [3.8, 4) is 0 Å². The van der Waals surface area contributed by atoms with Gasteiger partial charge in [0, 0.05) is 0 Å². The summed E-state index contributed by atoms with van der Waals surface area (Å²) in [5.41, 5.74) is 0.601. The molecule has 0 aromatic carbocycles. The lowest BCUT2D eigenvalue weighted by atomic mass is 9.77. The first kappa shape index (κ1) is 16.1. The number of hydrogen-bond donors (Lipinski definition) is 0. The molecule has 0 spiro atoms. The molecule has 0 heteroatoms. The molecule has 1 aliphatic carbocycles. The molecule has 18 heavy (non-hydrogen) atoms. The molecule has 1 fully saturated rings. The minimum Gasteiger partial charge on any atom is -0.0654 e. The van der Waals surface area contributed by atoms with Gasteiger partial charge in [0.1, 0.15) is 0 Å². The first-order chi connectivity index (χ1) is 8.64. The fourth-order valence-corrected chi connectivity index (χ4v) is 3.40. The van der Waals surface area contributed by atoms with E-state index in [2.05, 4.69) is 20.8 Å². The Hall–Kier alpha value is 0. The van der Waals surface area contributed by atoms with Crippen LogP contribution in [0, 0.1) is 11.3 Å². The number of hydrogen-bond acceptors (Lipinski definition) is 0. The topological polar surface area (TPSA) is 0 Å². The van der Waals surface area contributed by atoms with E-state index in [0.717, 1.165) is 5.92 Å². The summed E-state index contributed by atoms with van der Waals surface area (Å²) in [4.78, 5) is 0. The van der Waals surface area contributed by atoms with Crippen LogP contribution in [0.4, 0.5) is 0 Å². The van der Waals surface area contributed by atoms with Crippen LogP contribution in [0.15, 0.2) is 0 Å². The second-order valence-electron chi connectivity index (χ2n) is 7.37. The Bertz CT molecular complexity index is 186. The van der Waals surface area contributed by atoms with Gasteiger partial charge in [-0.2, -0.15) is 0 Å². The second-order valence-corrected chi connectivity index (χ2v) is 7.37. The quantitative estimate of drug-likeness (QED) is 0.399. The van der Waals surface area contributed by atoms with Crippen molar-refractivity contribution in [1.82, 2.24) is 0 Å². The summed E-state index contributed by atoms with van der Waals surface area (Å²) in [5.74, 6) is 1.07. The summed E-state index contributed by atoms with van der Waals surface area (Å²) in [6.45, 7) is 7.29. The van der Waals surface area contributed by atoms with Gasteiger partial charge in [-0.05, 0) is 30.6 Å². The molecule has 0 amide bonds. The zero-order valence-corrected chi connectivity index (χ0v) is 13.3. The monoisotopic (exact) mass is 252 g/mol. The summed E-state index contributed by atoms with van der Waals surface area (Å²) < 4.78 is 0. The molecule has 108 valence electrons. The largest absolute Gasteiger partial charge is 0.0654 e. The summed E-state index contributed by atoms with van der Waals surface area (Å²) in [7, 11) is 0. The first-order valence-electron chi connectivity index (χ1n) is 8.64. The molecule has 0 aromatic rings. The van der Waals surface area contributed by atoms with Crippen molar-refractivity contribution < 1.29 is 0 Å². The maximum absolute atomic E-state index is 2.50. The molecule has 0 atom stereocenters. The van der Waals surface area contributed by atoms with Gasteiger partial charge in [0.25, 0.3) is 0 Å². The van der Waals surface area contributed by atoms with Crippen molar-refractivity contribution in [2.24, 2.45) is 11.3 Å². The molecular formula is C18H36. The Morgan fingerprint density at radius 2 is 1.50 bits per heavy atom. The van der Waals surface area contributed by atoms with Gasteiger partial charge in [0.2, 0.25) is 0 Å². The summed E-state index contributed by atoms with van der Waals surface area (Å²) in [6.07, 6.45) is 19.1. The van der Waals surface area contributed by atoms with E-state index in [4.69, 9.17) is 0 Å². The molecule has 1 aliphatic rings. The Balaban J connectivity index is 2.06. The molecular weight excluding hydrogens is 216 g/mol. The highest BCUT2D eigenvalue weighted by atomic mass is 14.3. The average molecular weight is 252 g/mol. The number of rotatable bonds is 9. The molecule has 0 saturated heterocycles. The maximum atomic E-state index is 2.50. The zero-order valence-electron chi connectivity index (χ0n) is 13.3. The van der Waals surface area contributed by atoms with Gasteiger partial charge in [-0.3, -0.25) is 0 Å². The van der Waals surface area contributed by atoms with E-state index in [-0.39, 0.29) is 0 Å². The highest BCUT2D eigenvalue weighted by Crippen LogP contribution is 2.35. The molecule has 1 saturated carbocycles. The molecule has 0 aromatic heterocycles. The average Bonchev–Trinajstić information content (AvgIpc) is 2.38. The summed E-state index contributed by atoms with van der Waals surface area (Å²) in [6, 6.07) is 0. The highest BCUT2D eigenvalue weighted by Gasteiger charge is 2.20. The Morgan fingerprint density at radius 1 is 0.833 bits per heavy atom. The molecule has 1 rings (SSSR count). The van der Waals surface area contributed by atoms with Crippen LogP contribution in [0.3, 0.4) is 0 Å². The van der Waals surface area contributed by atoms with Crippen molar-refractivity contribution >= 4 is 0 Å². The van der Waals surface area contributed by atoms with Crippen molar-refractivity contribution in [3.63, 3.8) is 0 Å². The van der Waals surface area contributed by atoms with E-state index in [1.165, 1.54) is 83.5 Å². The van der Waals surface area contributed by atoms with Crippen LogP contribution in [0.1, 0.15) is 104 Å². The van der Waals surface area contributed by atoms with Gasteiger partial charge < -0.3 is 0 Å². The third-order valence-corrected chi connectivity index (χ3v) is 4.91. The molecule has 0 bridgehead atoms. The standard InChI is InChI=1S/C18H36/c1-4-5-6-7-11-15-18(2,3)16-14-17-12-9-8-10-13-17/h17H,4-16H2,1-3H3. The number of unbranched alkanes of at least 4 members (excludes halogenated alkanes) is 4. The van der Waals surface area contributed by atoms with Gasteiger partial charge in [-0.15, -0.1) is 0 Å². The van der Waals surface area contributed by atoms with Gasteiger partial charge in [-0.25, -0.2) is 0 Å². The van der Waals surface area contributed by atoms with Crippen molar-refractivity contribution in [3.05, 3.63) is 0 Å². The Morgan fingerprint density at radius 3 is 2.17 bits per heavy atom. The zero-order chi connectivity index (χ0) is 13.3. The van der Waals surface area contributed by atoms with Crippen LogP contribution < -0.4 is 0 Å². The van der Waals surface area contributed by atoms with Crippen LogP contribution in [-0.4, -0.2) is 0 Å². The molecule has 0 radical (unpaired) electrons. The van der Waals surface area contributed by atoms with Gasteiger partial charge in [-0.1, -0.05) is 85.0 Å². The van der Waals surface area contributed by atoms with Gasteiger partial charge in [0.15, 0.2) is 0 Å². The molecule has 0 aliphatic heterocycles. The minimum absolute atomic E-state index is 0.601. The predicted octanol–water partition coefficient (Wildman–Crippen LogP) is 6.73. The van der Waals surface area contributed by atoms with Crippen molar-refractivity contribution in [2.45, 2.75) is 104 Å². The van der Waals surface area contributed by atoms with Crippen LogP contribution in [0.2, 0.25) is 0 Å². The fraction of sp³-hybridized carbons (Fsp3) is 1.00. The lowest BCUT2D eigenvalue weighted by molar-refractivity contribution is 0.238. The minimum atomic E-state index is 0.601. The fourth-order valence-electron chi connectivity index (χ4n) is 3.40. The lowest BCUT2D eigenvalue weighted by Gasteiger charge is -2.29.